The summed E-state index contributed by atoms with van der Waals surface area (Å²) in [5.41, 5.74) is 1.43. The largest absolute Gasteiger partial charge is 0.373 e. The van der Waals surface area contributed by atoms with E-state index in [1.54, 1.807) is 0 Å². The molecule has 1 N–H and O–H groups in total. The summed E-state index contributed by atoms with van der Waals surface area (Å²) >= 11 is 0. The summed E-state index contributed by atoms with van der Waals surface area (Å²) in [6.07, 6.45) is 4.04. The first-order valence-electron chi connectivity index (χ1n) is 11.4. The Balaban J connectivity index is 1.26. The van der Waals surface area contributed by atoms with Crippen LogP contribution in [0.5, 0.6) is 0 Å². The Bertz CT molecular complexity index is 658. The van der Waals surface area contributed by atoms with Crippen molar-refractivity contribution in [3.05, 3.63) is 35.9 Å². The van der Waals surface area contributed by atoms with Crippen LogP contribution >= 0.6 is 0 Å². The van der Waals surface area contributed by atoms with E-state index in [4.69, 9.17) is 4.74 Å². The van der Waals surface area contributed by atoms with Gasteiger partial charge >= 0.3 is 0 Å². The molecule has 3 atom stereocenters. The zero-order valence-electron chi connectivity index (χ0n) is 18.1. The summed E-state index contributed by atoms with van der Waals surface area (Å²) in [5, 5.41) is 3.58. The van der Waals surface area contributed by atoms with Crippen LogP contribution in [-0.4, -0.2) is 92.3 Å². The summed E-state index contributed by atoms with van der Waals surface area (Å²) in [4.78, 5) is 12.2. The van der Waals surface area contributed by atoms with Gasteiger partial charge in [-0.2, -0.15) is 0 Å². The lowest BCUT2D eigenvalue weighted by Crippen LogP contribution is -2.55. The van der Waals surface area contributed by atoms with Gasteiger partial charge in [0.25, 0.3) is 0 Å². The standard InChI is InChI=1S/C23H37N5O/c1-3-22(19-8-5-4-6-9-19)26-12-14-27(15-13-26)23(24-2)25-16-21-17-28-11-7-10-20(28)18-29-21/h4-6,8-9,20-22H,3,7,10-18H2,1-2H3,(H,24,25). The number of nitrogens with one attached hydrogen (secondary N) is 1. The Morgan fingerprint density at radius 2 is 1.97 bits per heavy atom. The molecule has 1 aromatic rings. The van der Waals surface area contributed by atoms with Crippen LogP contribution in [0.25, 0.3) is 0 Å². The second kappa shape index (κ2) is 9.92. The zero-order chi connectivity index (χ0) is 20.1. The van der Waals surface area contributed by atoms with Crippen molar-refractivity contribution in [1.82, 2.24) is 20.0 Å². The van der Waals surface area contributed by atoms with Gasteiger partial charge in [0.05, 0.1) is 12.7 Å². The first-order chi connectivity index (χ1) is 14.3. The molecule has 4 rings (SSSR count). The van der Waals surface area contributed by atoms with Gasteiger partial charge in [0.2, 0.25) is 0 Å². The molecular weight excluding hydrogens is 362 g/mol. The summed E-state index contributed by atoms with van der Waals surface area (Å²) in [6, 6.07) is 12.1. The maximum Gasteiger partial charge on any atom is 0.193 e. The van der Waals surface area contributed by atoms with E-state index in [0.717, 1.165) is 58.3 Å². The number of benzene rings is 1. The van der Waals surface area contributed by atoms with Gasteiger partial charge in [-0.1, -0.05) is 37.3 Å². The van der Waals surface area contributed by atoms with Crippen LogP contribution in [0.4, 0.5) is 0 Å². The maximum atomic E-state index is 6.10. The minimum atomic E-state index is 0.268. The average molecular weight is 400 g/mol. The first kappa shape index (κ1) is 20.6. The van der Waals surface area contributed by atoms with Gasteiger partial charge in [0, 0.05) is 58.4 Å². The number of piperazine rings is 1. The predicted octanol–water partition coefficient (Wildman–Crippen LogP) is 2.19. The number of ether oxygens (including phenoxy) is 1. The third-order valence-corrected chi connectivity index (χ3v) is 6.79. The molecule has 0 saturated carbocycles. The Morgan fingerprint density at radius 1 is 1.17 bits per heavy atom. The highest BCUT2D eigenvalue weighted by Gasteiger charge is 2.32. The van der Waals surface area contributed by atoms with Crippen molar-refractivity contribution < 1.29 is 4.74 Å². The van der Waals surface area contributed by atoms with Crippen molar-refractivity contribution in [3.63, 3.8) is 0 Å². The van der Waals surface area contributed by atoms with Gasteiger partial charge in [0.1, 0.15) is 0 Å². The fourth-order valence-electron chi connectivity index (χ4n) is 5.17. The topological polar surface area (TPSA) is 43.3 Å². The molecule has 0 aromatic heterocycles. The highest BCUT2D eigenvalue weighted by molar-refractivity contribution is 5.80. The molecule has 29 heavy (non-hydrogen) atoms. The molecule has 3 aliphatic heterocycles. The summed E-state index contributed by atoms with van der Waals surface area (Å²) in [5.74, 6) is 1.02. The Hall–Kier alpha value is -1.63. The van der Waals surface area contributed by atoms with E-state index in [9.17, 15) is 0 Å². The van der Waals surface area contributed by atoms with Crippen molar-refractivity contribution >= 4 is 5.96 Å². The van der Waals surface area contributed by atoms with Crippen LogP contribution in [0.3, 0.4) is 0 Å². The van der Waals surface area contributed by atoms with Crippen molar-refractivity contribution in [1.29, 1.82) is 0 Å². The normalized spacial score (nSPS) is 27.7. The molecule has 3 fully saturated rings. The summed E-state index contributed by atoms with van der Waals surface area (Å²) in [7, 11) is 1.89. The van der Waals surface area contributed by atoms with Gasteiger partial charge in [0.15, 0.2) is 5.96 Å². The highest BCUT2D eigenvalue weighted by Crippen LogP contribution is 2.25. The van der Waals surface area contributed by atoms with E-state index in [0.29, 0.717) is 12.1 Å². The van der Waals surface area contributed by atoms with Crippen molar-refractivity contribution in [2.75, 3.05) is 59.5 Å². The lowest BCUT2D eigenvalue weighted by atomic mass is 10.0. The van der Waals surface area contributed by atoms with Crippen LogP contribution in [0.15, 0.2) is 35.3 Å². The third kappa shape index (κ3) is 4.93. The molecule has 0 spiro atoms. The lowest BCUT2D eigenvalue weighted by Gasteiger charge is -2.41. The molecule has 0 aliphatic carbocycles. The van der Waals surface area contributed by atoms with Gasteiger partial charge in [-0.25, -0.2) is 0 Å². The Kier molecular flexibility index (Phi) is 7.06. The number of guanidine groups is 1. The molecule has 0 amide bonds. The molecular formula is C23H37N5O. The van der Waals surface area contributed by atoms with E-state index < -0.39 is 0 Å². The Labute approximate surface area is 175 Å². The molecule has 1 aromatic carbocycles. The molecule has 6 heteroatoms. The number of nitrogens with zero attached hydrogens (tertiary/aromatic N) is 4. The zero-order valence-corrected chi connectivity index (χ0v) is 18.1. The first-order valence-corrected chi connectivity index (χ1v) is 11.4. The molecule has 3 aliphatic rings. The number of hydrogen-bond donors (Lipinski definition) is 1. The average Bonchev–Trinajstić information content (AvgIpc) is 3.24. The fourth-order valence-corrected chi connectivity index (χ4v) is 5.17. The number of rotatable bonds is 5. The maximum absolute atomic E-state index is 6.10. The number of fused-ring (bicyclic) bond motifs is 1. The minimum absolute atomic E-state index is 0.268. The van der Waals surface area contributed by atoms with E-state index >= 15 is 0 Å². The monoisotopic (exact) mass is 399 g/mol. The molecule has 3 heterocycles. The SMILES string of the molecule is CCC(c1ccccc1)N1CCN(C(=NC)NCC2CN3CCCC3CO2)CC1. The molecule has 3 saturated heterocycles. The van der Waals surface area contributed by atoms with E-state index in [-0.39, 0.29) is 6.10 Å². The lowest BCUT2D eigenvalue weighted by molar-refractivity contribution is -0.0455. The van der Waals surface area contributed by atoms with Gasteiger partial charge in [-0.3, -0.25) is 14.8 Å². The third-order valence-electron chi connectivity index (χ3n) is 6.79. The van der Waals surface area contributed by atoms with Crippen LogP contribution in [0.1, 0.15) is 37.8 Å². The quantitative estimate of drug-likeness (QED) is 0.607. The molecule has 0 radical (unpaired) electrons. The van der Waals surface area contributed by atoms with Gasteiger partial charge < -0.3 is 15.0 Å². The van der Waals surface area contributed by atoms with Crippen molar-refractivity contribution in [2.45, 2.75) is 44.4 Å². The molecule has 0 bridgehead atoms. The number of aliphatic imine (C=N–C) groups is 1. The molecule has 160 valence electrons. The second-order valence-corrected chi connectivity index (χ2v) is 8.53. The predicted molar refractivity (Wildman–Crippen MR) is 118 cm³/mol. The van der Waals surface area contributed by atoms with E-state index in [1.165, 1.54) is 24.9 Å². The van der Waals surface area contributed by atoms with Crippen LogP contribution in [0, 0.1) is 0 Å². The van der Waals surface area contributed by atoms with Crippen LogP contribution in [-0.2, 0) is 4.74 Å². The molecule has 6 nitrogen and oxygen atoms in total. The second-order valence-electron chi connectivity index (χ2n) is 8.53. The van der Waals surface area contributed by atoms with E-state index in [2.05, 4.69) is 62.3 Å². The number of morpholine rings is 1. The fraction of sp³-hybridized carbons (Fsp3) is 0.696. The van der Waals surface area contributed by atoms with Gasteiger partial charge in [-0.05, 0) is 31.4 Å². The van der Waals surface area contributed by atoms with Crippen molar-refractivity contribution in [2.24, 2.45) is 4.99 Å². The van der Waals surface area contributed by atoms with Gasteiger partial charge in [-0.15, -0.1) is 0 Å². The van der Waals surface area contributed by atoms with Crippen LogP contribution in [0.2, 0.25) is 0 Å². The summed E-state index contributed by atoms with van der Waals surface area (Å²) in [6.45, 7) is 10.5. The van der Waals surface area contributed by atoms with E-state index in [1.807, 2.05) is 7.05 Å². The van der Waals surface area contributed by atoms with Crippen LogP contribution < -0.4 is 5.32 Å². The smallest absolute Gasteiger partial charge is 0.193 e. The van der Waals surface area contributed by atoms with Crippen molar-refractivity contribution in [3.8, 4) is 0 Å². The Morgan fingerprint density at radius 3 is 2.69 bits per heavy atom. The number of hydrogen-bond acceptors (Lipinski definition) is 4. The highest BCUT2D eigenvalue weighted by atomic mass is 16.5. The summed E-state index contributed by atoms with van der Waals surface area (Å²) < 4.78 is 6.10. The minimum Gasteiger partial charge on any atom is -0.373 e. The molecule has 3 unspecified atom stereocenters.